The van der Waals surface area contributed by atoms with E-state index in [9.17, 15) is 4.79 Å². The highest BCUT2D eigenvalue weighted by Gasteiger charge is 2.24. The van der Waals surface area contributed by atoms with E-state index in [-0.39, 0.29) is 23.6 Å². The number of amides is 1. The highest BCUT2D eigenvalue weighted by atomic mass is 35.5. The molecule has 1 aromatic rings. The molecule has 0 radical (unpaired) electrons. The summed E-state index contributed by atoms with van der Waals surface area (Å²) in [5, 5.41) is 3.34. The van der Waals surface area contributed by atoms with Gasteiger partial charge in [-0.3, -0.25) is 4.79 Å². The Balaban J connectivity index is 2.09. The number of nitrogens with one attached hydrogen (secondary N) is 1. The molecular formula is C15H22ClN3O. The first-order valence-electron chi connectivity index (χ1n) is 7.32. The number of carbonyl (C=O) groups excluding carboxylic acids is 1. The van der Waals surface area contributed by atoms with Gasteiger partial charge in [0.2, 0.25) is 0 Å². The average Bonchev–Trinajstić information content (AvgIpc) is 2.92. The van der Waals surface area contributed by atoms with E-state index in [4.69, 9.17) is 11.6 Å². The fourth-order valence-corrected chi connectivity index (χ4v) is 2.85. The maximum Gasteiger partial charge on any atom is 0.271 e. The molecule has 1 saturated carbocycles. The van der Waals surface area contributed by atoms with Gasteiger partial charge in [-0.2, -0.15) is 0 Å². The van der Waals surface area contributed by atoms with Crippen LogP contribution in [0.4, 0.5) is 0 Å². The molecule has 1 aromatic heterocycles. The van der Waals surface area contributed by atoms with Crippen molar-refractivity contribution in [1.29, 1.82) is 0 Å². The summed E-state index contributed by atoms with van der Waals surface area (Å²) in [5.74, 6) is 1.20. The third-order valence-electron chi connectivity index (χ3n) is 3.96. The van der Waals surface area contributed by atoms with Crippen LogP contribution < -0.4 is 5.32 Å². The van der Waals surface area contributed by atoms with E-state index in [1.807, 2.05) is 13.8 Å². The fourth-order valence-electron chi connectivity index (χ4n) is 2.67. The van der Waals surface area contributed by atoms with E-state index in [0.29, 0.717) is 16.8 Å². The molecule has 20 heavy (non-hydrogen) atoms. The zero-order chi connectivity index (χ0) is 14.7. The van der Waals surface area contributed by atoms with Crippen molar-refractivity contribution in [3.8, 4) is 0 Å². The zero-order valence-corrected chi connectivity index (χ0v) is 13.1. The molecule has 1 unspecified atom stereocenters. The Kier molecular flexibility index (Phi) is 4.97. The lowest BCUT2D eigenvalue weighted by molar-refractivity contribution is 0.0921. The number of hydrogen-bond donors (Lipinski definition) is 1. The van der Waals surface area contributed by atoms with E-state index in [1.165, 1.54) is 31.9 Å². The van der Waals surface area contributed by atoms with Gasteiger partial charge in [-0.25, -0.2) is 9.97 Å². The molecule has 1 heterocycles. The molecule has 5 heteroatoms. The lowest BCUT2D eigenvalue weighted by Crippen LogP contribution is -2.37. The van der Waals surface area contributed by atoms with Crippen molar-refractivity contribution in [3.05, 3.63) is 22.7 Å². The molecule has 0 bridgehead atoms. The molecule has 2 rings (SSSR count). The SMILES string of the molecule is CC(C)c1ncc(Cl)c(C(=O)NC(C)C2CCCC2)n1. The van der Waals surface area contributed by atoms with Crippen molar-refractivity contribution in [2.75, 3.05) is 0 Å². The molecule has 110 valence electrons. The van der Waals surface area contributed by atoms with Crippen LogP contribution in [0.2, 0.25) is 5.02 Å². The number of carbonyl (C=O) groups is 1. The molecule has 1 aliphatic carbocycles. The summed E-state index contributed by atoms with van der Waals surface area (Å²) in [7, 11) is 0. The van der Waals surface area contributed by atoms with Gasteiger partial charge >= 0.3 is 0 Å². The predicted octanol–water partition coefficient (Wildman–Crippen LogP) is 3.56. The summed E-state index contributed by atoms with van der Waals surface area (Å²) in [5.41, 5.74) is 0.287. The van der Waals surface area contributed by atoms with E-state index in [1.54, 1.807) is 0 Å². The molecule has 1 amide bonds. The lowest BCUT2D eigenvalue weighted by atomic mass is 10.00. The van der Waals surface area contributed by atoms with Crippen molar-refractivity contribution < 1.29 is 4.79 Å². The van der Waals surface area contributed by atoms with Crippen LogP contribution in [0.5, 0.6) is 0 Å². The summed E-state index contributed by atoms with van der Waals surface area (Å²) in [6.45, 7) is 6.05. The van der Waals surface area contributed by atoms with E-state index in [0.717, 1.165) is 0 Å². The molecular weight excluding hydrogens is 274 g/mol. The Labute approximate surface area is 125 Å². The van der Waals surface area contributed by atoms with Gasteiger partial charge in [-0.1, -0.05) is 38.3 Å². The van der Waals surface area contributed by atoms with E-state index in [2.05, 4.69) is 22.2 Å². The number of aromatic nitrogens is 2. The van der Waals surface area contributed by atoms with Crippen LogP contribution in [0.15, 0.2) is 6.20 Å². The third kappa shape index (κ3) is 3.48. The molecule has 0 saturated heterocycles. The van der Waals surface area contributed by atoms with Crippen LogP contribution in [0.3, 0.4) is 0 Å². The lowest BCUT2D eigenvalue weighted by Gasteiger charge is -2.20. The van der Waals surface area contributed by atoms with Gasteiger partial charge in [0.25, 0.3) is 5.91 Å². The Hall–Kier alpha value is -1.16. The largest absolute Gasteiger partial charge is 0.348 e. The number of rotatable bonds is 4. The van der Waals surface area contributed by atoms with Crippen LogP contribution in [0.1, 0.15) is 68.7 Å². The fraction of sp³-hybridized carbons (Fsp3) is 0.667. The zero-order valence-electron chi connectivity index (χ0n) is 12.3. The molecule has 0 aliphatic heterocycles. The minimum Gasteiger partial charge on any atom is -0.348 e. The summed E-state index contributed by atoms with van der Waals surface area (Å²) in [6, 6.07) is 0.165. The minimum absolute atomic E-state index is 0.165. The second-order valence-electron chi connectivity index (χ2n) is 5.89. The minimum atomic E-state index is -0.196. The van der Waals surface area contributed by atoms with Crippen LogP contribution in [0.25, 0.3) is 0 Å². The maximum atomic E-state index is 12.3. The Morgan fingerprint density at radius 1 is 1.35 bits per heavy atom. The maximum absolute atomic E-state index is 12.3. The highest BCUT2D eigenvalue weighted by molar-refractivity contribution is 6.33. The third-order valence-corrected chi connectivity index (χ3v) is 4.24. The normalized spacial score (nSPS) is 17.4. The standard InChI is InChI=1S/C15H22ClN3O/c1-9(2)14-17-8-12(16)13(19-14)15(20)18-10(3)11-6-4-5-7-11/h8-11H,4-7H2,1-3H3,(H,18,20). The van der Waals surface area contributed by atoms with Gasteiger partial charge in [-0.05, 0) is 25.7 Å². The van der Waals surface area contributed by atoms with Gasteiger partial charge < -0.3 is 5.32 Å². The first-order chi connectivity index (χ1) is 9.49. The quantitative estimate of drug-likeness (QED) is 0.924. The van der Waals surface area contributed by atoms with Crippen molar-refractivity contribution in [2.24, 2.45) is 5.92 Å². The monoisotopic (exact) mass is 295 g/mol. The van der Waals surface area contributed by atoms with E-state index < -0.39 is 0 Å². The number of nitrogens with zero attached hydrogens (tertiary/aromatic N) is 2. The summed E-state index contributed by atoms with van der Waals surface area (Å²) in [4.78, 5) is 20.8. The molecule has 1 fully saturated rings. The Bertz CT molecular complexity index is 484. The van der Waals surface area contributed by atoms with Gasteiger partial charge in [0.15, 0.2) is 0 Å². The van der Waals surface area contributed by atoms with Crippen LogP contribution in [-0.4, -0.2) is 21.9 Å². The Morgan fingerprint density at radius 3 is 2.60 bits per heavy atom. The molecule has 0 aromatic carbocycles. The van der Waals surface area contributed by atoms with Crippen molar-refractivity contribution in [1.82, 2.24) is 15.3 Å². The van der Waals surface area contributed by atoms with Gasteiger partial charge in [-0.15, -0.1) is 0 Å². The summed E-state index contributed by atoms with van der Waals surface area (Å²) in [6.07, 6.45) is 6.42. The first kappa shape index (κ1) is 15.2. The average molecular weight is 296 g/mol. The molecule has 1 atom stereocenters. The number of hydrogen-bond acceptors (Lipinski definition) is 3. The van der Waals surface area contributed by atoms with Crippen molar-refractivity contribution >= 4 is 17.5 Å². The topological polar surface area (TPSA) is 54.9 Å². The molecule has 4 nitrogen and oxygen atoms in total. The second-order valence-corrected chi connectivity index (χ2v) is 6.29. The number of halogens is 1. The summed E-state index contributed by atoms with van der Waals surface area (Å²) < 4.78 is 0. The van der Waals surface area contributed by atoms with Crippen LogP contribution >= 0.6 is 11.6 Å². The molecule has 0 spiro atoms. The summed E-state index contributed by atoms with van der Waals surface area (Å²) >= 11 is 6.05. The Morgan fingerprint density at radius 2 is 2.00 bits per heavy atom. The highest BCUT2D eigenvalue weighted by Crippen LogP contribution is 2.27. The van der Waals surface area contributed by atoms with Gasteiger partial charge in [0, 0.05) is 12.0 Å². The van der Waals surface area contributed by atoms with Crippen molar-refractivity contribution in [3.63, 3.8) is 0 Å². The first-order valence-corrected chi connectivity index (χ1v) is 7.70. The van der Waals surface area contributed by atoms with Crippen LogP contribution in [-0.2, 0) is 0 Å². The van der Waals surface area contributed by atoms with Gasteiger partial charge in [0.1, 0.15) is 11.5 Å². The molecule has 1 aliphatic rings. The van der Waals surface area contributed by atoms with Gasteiger partial charge in [0.05, 0.1) is 11.2 Å². The second kappa shape index (κ2) is 6.53. The van der Waals surface area contributed by atoms with E-state index >= 15 is 0 Å². The molecule has 1 N–H and O–H groups in total. The smallest absolute Gasteiger partial charge is 0.271 e. The van der Waals surface area contributed by atoms with Crippen LogP contribution in [0, 0.1) is 5.92 Å². The van der Waals surface area contributed by atoms with Crippen molar-refractivity contribution in [2.45, 2.75) is 58.4 Å². The predicted molar refractivity (Wildman–Crippen MR) is 80.0 cm³/mol.